The summed E-state index contributed by atoms with van der Waals surface area (Å²) in [5.74, 6) is 0. The summed E-state index contributed by atoms with van der Waals surface area (Å²) in [4.78, 5) is 4.31. The van der Waals surface area contributed by atoms with Crippen LogP contribution in [0, 0.1) is 0 Å². The molecule has 3 nitrogen and oxygen atoms in total. The lowest BCUT2D eigenvalue weighted by Crippen LogP contribution is -2.48. The molecule has 2 atom stereocenters. The first-order chi connectivity index (χ1) is 7.72. The Morgan fingerprint density at radius 1 is 1.56 bits per heavy atom. The SMILES string of the molecule is NC1(CO)CCCC(Sc2ccccn2)C1. The number of rotatable bonds is 3. The second-order valence-electron chi connectivity index (χ2n) is 4.52. The molecule has 0 bridgehead atoms. The highest BCUT2D eigenvalue weighted by Gasteiger charge is 2.32. The monoisotopic (exact) mass is 238 g/mol. The molecule has 1 aromatic rings. The van der Waals surface area contributed by atoms with Crippen molar-refractivity contribution in [2.45, 2.75) is 41.5 Å². The zero-order chi connectivity index (χ0) is 11.4. The van der Waals surface area contributed by atoms with Crippen molar-refractivity contribution in [1.29, 1.82) is 0 Å². The van der Waals surface area contributed by atoms with Crippen molar-refractivity contribution in [3.8, 4) is 0 Å². The molecule has 0 radical (unpaired) electrons. The van der Waals surface area contributed by atoms with Gasteiger partial charge in [-0.2, -0.15) is 0 Å². The van der Waals surface area contributed by atoms with Crippen molar-refractivity contribution < 1.29 is 5.11 Å². The normalized spacial score (nSPS) is 30.2. The highest BCUT2D eigenvalue weighted by Crippen LogP contribution is 2.36. The van der Waals surface area contributed by atoms with Crippen molar-refractivity contribution in [2.75, 3.05) is 6.61 Å². The fourth-order valence-electron chi connectivity index (χ4n) is 2.17. The molecule has 0 aliphatic heterocycles. The van der Waals surface area contributed by atoms with E-state index >= 15 is 0 Å². The largest absolute Gasteiger partial charge is 0.394 e. The first kappa shape index (κ1) is 11.9. The van der Waals surface area contributed by atoms with Crippen molar-refractivity contribution >= 4 is 11.8 Å². The summed E-state index contributed by atoms with van der Waals surface area (Å²) in [6, 6.07) is 5.95. The Bertz CT molecular complexity index is 333. The number of nitrogens with two attached hydrogens (primary N) is 1. The average molecular weight is 238 g/mol. The third-order valence-corrected chi connectivity index (χ3v) is 4.29. The summed E-state index contributed by atoms with van der Waals surface area (Å²) >= 11 is 1.78. The van der Waals surface area contributed by atoms with E-state index in [0.29, 0.717) is 5.25 Å². The Hall–Kier alpha value is -0.580. The predicted octanol–water partition coefficient (Wildman–Crippen LogP) is 1.81. The number of thioether (sulfide) groups is 1. The molecule has 16 heavy (non-hydrogen) atoms. The van der Waals surface area contributed by atoms with Crippen LogP contribution in [-0.4, -0.2) is 27.5 Å². The van der Waals surface area contributed by atoms with Crippen LogP contribution in [0.4, 0.5) is 0 Å². The molecule has 1 aromatic heterocycles. The second-order valence-corrected chi connectivity index (χ2v) is 5.85. The molecular formula is C12H18N2OS. The molecular weight excluding hydrogens is 220 g/mol. The smallest absolute Gasteiger partial charge is 0.0962 e. The van der Waals surface area contributed by atoms with Gasteiger partial charge in [0.05, 0.1) is 11.6 Å². The molecule has 3 N–H and O–H groups in total. The van der Waals surface area contributed by atoms with Crippen LogP contribution >= 0.6 is 11.8 Å². The molecule has 0 amide bonds. The van der Waals surface area contributed by atoms with Gasteiger partial charge in [0.1, 0.15) is 0 Å². The maximum absolute atomic E-state index is 9.28. The molecule has 1 aliphatic carbocycles. The lowest BCUT2D eigenvalue weighted by atomic mass is 9.83. The number of hydrogen-bond acceptors (Lipinski definition) is 4. The lowest BCUT2D eigenvalue weighted by molar-refractivity contribution is 0.159. The first-order valence-corrected chi connectivity index (χ1v) is 6.57. The van der Waals surface area contributed by atoms with Gasteiger partial charge in [-0.05, 0) is 31.4 Å². The molecule has 2 rings (SSSR count). The Balaban J connectivity index is 1.96. The van der Waals surface area contributed by atoms with E-state index in [9.17, 15) is 5.11 Å². The Morgan fingerprint density at radius 2 is 2.44 bits per heavy atom. The minimum absolute atomic E-state index is 0.0896. The fraction of sp³-hybridized carbons (Fsp3) is 0.583. The van der Waals surface area contributed by atoms with Gasteiger partial charge < -0.3 is 10.8 Å². The molecule has 2 unspecified atom stereocenters. The Kier molecular flexibility index (Phi) is 3.84. The molecule has 1 saturated carbocycles. The van der Waals surface area contributed by atoms with Crippen LogP contribution in [0.3, 0.4) is 0 Å². The van der Waals surface area contributed by atoms with Gasteiger partial charge in [-0.15, -0.1) is 11.8 Å². The number of hydrogen-bond donors (Lipinski definition) is 2. The van der Waals surface area contributed by atoms with E-state index in [1.165, 1.54) is 6.42 Å². The minimum atomic E-state index is -0.370. The highest BCUT2D eigenvalue weighted by molar-refractivity contribution is 7.99. The molecule has 88 valence electrons. The van der Waals surface area contributed by atoms with Gasteiger partial charge >= 0.3 is 0 Å². The van der Waals surface area contributed by atoms with Crippen LogP contribution in [0.5, 0.6) is 0 Å². The second kappa shape index (κ2) is 5.17. The number of pyridine rings is 1. The van der Waals surface area contributed by atoms with E-state index in [1.54, 1.807) is 11.8 Å². The van der Waals surface area contributed by atoms with E-state index in [4.69, 9.17) is 5.73 Å². The number of aliphatic hydroxyl groups excluding tert-OH is 1. The third-order valence-electron chi connectivity index (χ3n) is 3.08. The van der Waals surface area contributed by atoms with Crippen LogP contribution in [0.2, 0.25) is 0 Å². The van der Waals surface area contributed by atoms with E-state index in [0.717, 1.165) is 24.3 Å². The number of aliphatic hydroxyl groups is 1. The topological polar surface area (TPSA) is 59.1 Å². The predicted molar refractivity (Wildman–Crippen MR) is 66.4 cm³/mol. The Labute approximate surface area is 100 Å². The quantitative estimate of drug-likeness (QED) is 0.843. The molecule has 4 heteroatoms. The van der Waals surface area contributed by atoms with Crippen LogP contribution in [0.15, 0.2) is 29.4 Å². The van der Waals surface area contributed by atoms with Crippen molar-refractivity contribution in [3.63, 3.8) is 0 Å². The highest BCUT2D eigenvalue weighted by atomic mass is 32.2. The zero-order valence-electron chi connectivity index (χ0n) is 9.30. The van der Waals surface area contributed by atoms with Gasteiger partial charge in [-0.25, -0.2) is 4.98 Å². The third kappa shape index (κ3) is 2.97. The van der Waals surface area contributed by atoms with Gasteiger partial charge in [0.25, 0.3) is 0 Å². The molecule has 1 fully saturated rings. The van der Waals surface area contributed by atoms with Gasteiger partial charge in [0.2, 0.25) is 0 Å². The number of aromatic nitrogens is 1. The van der Waals surface area contributed by atoms with Crippen LogP contribution in [0.25, 0.3) is 0 Å². The summed E-state index contributed by atoms with van der Waals surface area (Å²) in [5, 5.41) is 10.8. The van der Waals surface area contributed by atoms with Crippen molar-refractivity contribution in [2.24, 2.45) is 5.73 Å². The molecule has 0 aromatic carbocycles. The van der Waals surface area contributed by atoms with Gasteiger partial charge in [-0.1, -0.05) is 12.5 Å². The molecule has 0 saturated heterocycles. The molecule has 0 spiro atoms. The van der Waals surface area contributed by atoms with Crippen molar-refractivity contribution in [3.05, 3.63) is 24.4 Å². The lowest BCUT2D eigenvalue weighted by Gasteiger charge is -2.36. The summed E-state index contributed by atoms with van der Waals surface area (Å²) in [5.41, 5.74) is 5.75. The van der Waals surface area contributed by atoms with E-state index in [1.807, 2.05) is 24.4 Å². The average Bonchev–Trinajstić information content (AvgIpc) is 2.30. The zero-order valence-corrected chi connectivity index (χ0v) is 10.1. The minimum Gasteiger partial charge on any atom is -0.394 e. The summed E-state index contributed by atoms with van der Waals surface area (Å²) in [6.07, 6.45) is 5.89. The van der Waals surface area contributed by atoms with E-state index in [-0.39, 0.29) is 12.1 Å². The first-order valence-electron chi connectivity index (χ1n) is 5.69. The molecule has 1 aliphatic rings. The van der Waals surface area contributed by atoms with Gasteiger partial charge in [0.15, 0.2) is 0 Å². The summed E-state index contributed by atoms with van der Waals surface area (Å²) < 4.78 is 0. The van der Waals surface area contributed by atoms with Crippen LogP contribution in [0.1, 0.15) is 25.7 Å². The van der Waals surface area contributed by atoms with Crippen molar-refractivity contribution in [1.82, 2.24) is 4.98 Å². The van der Waals surface area contributed by atoms with Crippen LogP contribution < -0.4 is 5.73 Å². The van der Waals surface area contributed by atoms with Gasteiger partial charge in [0, 0.05) is 17.0 Å². The maximum atomic E-state index is 9.28. The maximum Gasteiger partial charge on any atom is 0.0962 e. The Morgan fingerprint density at radius 3 is 3.12 bits per heavy atom. The van der Waals surface area contributed by atoms with E-state index < -0.39 is 0 Å². The number of nitrogens with zero attached hydrogens (tertiary/aromatic N) is 1. The fourth-order valence-corrected chi connectivity index (χ4v) is 3.49. The molecule has 1 heterocycles. The standard InChI is InChI=1S/C12H18N2OS/c13-12(9-15)6-3-4-10(8-12)16-11-5-1-2-7-14-11/h1-2,5,7,10,15H,3-4,6,8-9,13H2. The van der Waals surface area contributed by atoms with E-state index in [2.05, 4.69) is 4.98 Å². The van der Waals surface area contributed by atoms with Gasteiger partial charge in [-0.3, -0.25) is 0 Å². The van der Waals surface area contributed by atoms with Crippen LogP contribution in [-0.2, 0) is 0 Å². The summed E-state index contributed by atoms with van der Waals surface area (Å²) in [6.45, 7) is 0.0896. The summed E-state index contributed by atoms with van der Waals surface area (Å²) in [7, 11) is 0.